The number of carbonyl (C=O) groups excluding carboxylic acids is 2. The minimum atomic E-state index is -0.398. The summed E-state index contributed by atoms with van der Waals surface area (Å²) in [6, 6.07) is 16.0. The fourth-order valence-electron chi connectivity index (χ4n) is 3.09. The fraction of sp³-hybridized carbons (Fsp3) is 0.300. The highest BCUT2D eigenvalue weighted by Crippen LogP contribution is 2.22. The topological polar surface area (TPSA) is 49.4 Å². The zero-order valence-electron chi connectivity index (χ0n) is 14.1. The Labute approximate surface area is 146 Å². The van der Waals surface area contributed by atoms with Gasteiger partial charge in [-0.25, -0.2) is 4.39 Å². The number of nitrogens with zero attached hydrogens (tertiary/aromatic N) is 1. The zero-order chi connectivity index (χ0) is 17.8. The normalized spacial score (nSPS) is 18.2. The second kappa shape index (κ2) is 7.47. The smallest absolute Gasteiger partial charge is 0.225 e. The van der Waals surface area contributed by atoms with E-state index in [4.69, 9.17) is 0 Å². The third-order valence-electron chi connectivity index (χ3n) is 4.56. The standard InChI is InChI=1S/C20H21FN2O2/c1-14(15-7-3-2-4-8-15)22-20(25)17-11-19(24)23(13-17)12-16-9-5-6-10-18(16)21/h2-10,14,17H,11-13H2,1H3,(H,22,25). The molecular formula is C20H21FN2O2. The average molecular weight is 340 g/mol. The van der Waals surface area contributed by atoms with Crippen molar-refractivity contribution in [2.24, 2.45) is 5.92 Å². The molecule has 130 valence electrons. The van der Waals surface area contributed by atoms with Gasteiger partial charge in [-0.05, 0) is 18.6 Å². The molecule has 2 aromatic rings. The molecule has 1 heterocycles. The molecule has 2 atom stereocenters. The van der Waals surface area contributed by atoms with Crippen LogP contribution in [0.5, 0.6) is 0 Å². The van der Waals surface area contributed by atoms with Crippen LogP contribution >= 0.6 is 0 Å². The molecule has 0 aromatic heterocycles. The van der Waals surface area contributed by atoms with Crippen LogP contribution < -0.4 is 5.32 Å². The third kappa shape index (κ3) is 4.05. The van der Waals surface area contributed by atoms with E-state index in [0.29, 0.717) is 12.1 Å². The van der Waals surface area contributed by atoms with Gasteiger partial charge in [-0.2, -0.15) is 0 Å². The number of likely N-dealkylation sites (tertiary alicyclic amines) is 1. The first-order chi connectivity index (χ1) is 12.0. The van der Waals surface area contributed by atoms with Gasteiger partial charge in [0.15, 0.2) is 0 Å². The largest absolute Gasteiger partial charge is 0.349 e. The van der Waals surface area contributed by atoms with Crippen molar-refractivity contribution >= 4 is 11.8 Å². The van der Waals surface area contributed by atoms with E-state index in [2.05, 4.69) is 5.32 Å². The Hall–Kier alpha value is -2.69. The summed E-state index contributed by atoms with van der Waals surface area (Å²) in [6.07, 6.45) is 0.168. The van der Waals surface area contributed by atoms with Gasteiger partial charge < -0.3 is 10.2 Å². The molecule has 25 heavy (non-hydrogen) atoms. The Kier molecular flexibility index (Phi) is 5.12. The maximum Gasteiger partial charge on any atom is 0.225 e. The number of benzene rings is 2. The molecule has 0 aliphatic carbocycles. The van der Waals surface area contributed by atoms with Gasteiger partial charge in [0.05, 0.1) is 12.0 Å². The van der Waals surface area contributed by atoms with Crippen LogP contribution in [0.2, 0.25) is 0 Å². The molecular weight excluding hydrogens is 319 g/mol. The number of carbonyl (C=O) groups is 2. The molecule has 1 N–H and O–H groups in total. The summed E-state index contributed by atoms with van der Waals surface area (Å²) in [4.78, 5) is 26.2. The van der Waals surface area contributed by atoms with Gasteiger partial charge in [0.2, 0.25) is 11.8 Å². The Balaban J connectivity index is 1.60. The molecule has 2 amide bonds. The number of halogens is 1. The second-order valence-electron chi connectivity index (χ2n) is 6.41. The predicted molar refractivity (Wildman–Crippen MR) is 92.9 cm³/mol. The van der Waals surface area contributed by atoms with Gasteiger partial charge in [0.25, 0.3) is 0 Å². The lowest BCUT2D eigenvalue weighted by Gasteiger charge is -2.19. The SMILES string of the molecule is CC(NC(=O)C1CC(=O)N(Cc2ccccc2F)C1)c1ccccc1. The molecule has 0 radical (unpaired) electrons. The molecule has 1 aliphatic heterocycles. The first kappa shape index (κ1) is 17.1. The lowest BCUT2D eigenvalue weighted by molar-refractivity contribution is -0.129. The van der Waals surface area contributed by atoms with Crippen LogP contribution in [0.3, 0.4) is 0 Å². The minimum absolute atomic E-state index is 0.115. The first-order valence-corrected chi connectivity index (χ1v) is 8.41. The molecule has 2 unspecified atom stereocenters. The Morgan fingerprint density at radius 1 is 1.20 bits per heavy atom. The van der Waals surface area contributed by atoms with Crippen molar-refractivity contribution < 1.29 is 14.0 Å². The van der Waals surface area contributed by atoms with Crippen LogP contribution in [0.4, 0.5) is 4.39 Å². The van der Waals surface area contributed by atoms with E-state index in [0.717, 1.165) is 5.56 Å². The number of amides is 2. The molecule has 1 fully saturated rings. The molecule has 2 aromatic carbocycles. The maximum atomic E-state index is 13.8. The molecule has 0 bridgehead atoms. The summed E-state index contributed by atoms with van der Waals surface area (Å²) in [5, 5.41) is 2.96. The van der Waals surface area contributed by atoms with Crippen molar-refractivity contribution in [1.29, 1.82) is 0 Å². The average Bonchev–Trinajstić information content (AvgIpc) is 2.98. The van der Waals surface area contributed by atoms with E-state index >= 15 is 0 Å². The van der Waals surface area contributed by atoms with E-state index in [-0.39, 0.29) is 36.6 Å². The molecule has 1 aliphatic rings. The first-order valence-electron chi connectivity index (χ1n) is 8.41. The number of hydrogen-bond donors (Lipinski definition) is 1. The highest BCUT2D eigenvalue weighted by atomic mass is 19.1. The van der Waals surface area contributed by atoms with Gasteiger partial charge in [-0.3, -0.25) is 9.59 Å². The third-order valence-corrected chi connectivity index (χ3v) is 4.56. The Morgan fingerprint density at radius 3 is 2.60 bits per heavy atom. The Bertz CT molecular complexity index is 763. The van der Waals surface area contributed by atoms with Crippen LogP contribution in [0.15, 0.2) is 54.6 Å². The van der Waals surface area contributed by atoms with Crippen molar-refractivity contribution in [3.8, 4) is 0 Å². The summed E-state index contributed by atoms with van der Waals surface area (Å²) < 4.78 is 13.8. The summed E-state index contributed by atoms with van der Waals surface area (Å²) in [5.41, 5.74) is 1.48. The van der Waals surface area contributed by atoms with E-state index < -0.39 is 5.92 Å². The lowest BCUT2D eigenvalue weighted by atomic mass is 10.1. The van der Waals surface area contributed by atoms with Crippen molar-refractivity contribution in [2.75, 3.05) is 6.54 Å². The van der Waals surface area contributed by atoms with Crippen LogP contribution in [0.1, 0.15) is 30.5 Å². The van der Waals surface area contributed by atoms with E-state index in [1.165, 1.54) is 6.07 Å². The number of rotatable bonds is 5. The van der Waals surface area contributed by atoms with Crippen LogP contribution in [-0.2, 0) is 16.1 Å². The van der Waals surface area contributed by atoms with E-state index in [1.807, 2.05) is 37.3 Å². The summed E-state index contributed by atoms with van der Waals surface area (Å²) in [6.45, 7) is 2.44. The van der Waals surface area contributed by atoms with Gasteiger partial charge in [0, 0.05) is 25.1 Å². The fourth-order valence-corrected chi connectivity index (χ4v) is 3.09. The summed E-state index contributed by atoms with van der Waals surface area (Å²) >= 11 is 0. The predicted octanol–water partition coefficient (Wildman–Crippen LogP) is 3.05. The quantitative estimate of drug-likeness (QED) is 0.909. The van der Waals surface area contributed by atoms with Gasteiger partial charge >= 0.3 is 0 Å². The van der Waals surface area contributed by atoms with Gasteiger partial charge in [-0.1, -0.05) is 48.5 Å². The maximum absolute atomic E-state index is 13.8. The minimum Gasteiger partial charge on any atom is -0.349 e. The second-order valence-corrected chi connectivity index (χ2v) is 6.41. The summed E-state index contributed by atoms with van der Waals surface area (Å²) in [5.74, 6) is -0.983. The Morgan fingerprint density at radius 2 is 1.88 bits per heavy atom. The molecule has 3 rings (SSSR count). The molecule has 0 saturated carbocycles. The van der Waals surface area contributed by atoms with Crippen molar-refractivity contribution in [1.82, 2.24) is 10.2 Å². The monoisotopic (exact) mass is 340 g/mol. The molecule has 1 saturated heterocycles. The van der Waals surface area contributed by atoms with Crippen LogP contribution in [-0.4, -0.2) is 23.3 Å². The van der Waals surface area contributed by atoms with E-state index in [1.54, 1.807) is 23.1 Å². The molecule has 5 heteroatoms. The van der Waals surface area contributed by atoms with Crippen molar-refractivity contribution in [3.63, 3.8) is 0 Å². The molecule has 4 nitrogen and oxygen atoms in total. The van der Waals surface area contributed by atoms with Crippen LogP contribution in [0.25, 0.3) is 0 Å². The number of nitrogens with one attached hydrogen (secondary N) is 1. The highest BCUT2D eigenvalue weighted by molar-refractivity contribution is 5.89. The number of hydrogen-bond acceptors (Lipinski definition) is 2. The van der Waals surface area contributed by atoms with Gasteiger partial charge in [0.1, 0.15) is 5.82 Å². The highest BCUT2D eigenvalue weighted by Gasteiger charge is 2.35. The lowest BCUT2D eigenvalue weighted by Crippen LogP contribution is -2.34. The van der Waals surface area contributed by atoms with Crippen molar-refractivity contribution in [3.05, 3.63) is 71.5 Å². The van der Waals surface area contributed by atoms with Crippen LogP contribution in [0, 0.1) is 11.7 Å². The van der Waals surface area contributed by atoms with Crippen molar-refractivity contribution in [2.45, 2.75) is 25.9 Å². The van der Waals surface area contributed by atoms with E-state index in [9.17, 15) is 14.0 Å². The summed E-state index contributed by atoms with van der Waals surface area (Å²) in [7, 11) is 0. The zero-order valence-corrected chi connectivity index (χ0v) is 14.1. The molecule has 0 spiro atoms. The van der Waals surface area contributed by atoms with Gasteiger partial charge in [-0.15, -0.1) is 0 Å².